The highest BCUT2D eigenvalue weighted by atomic mass is 32.2. The zero-order valence-electron chi connectivity index (χ0n) is 32.4. The van der Waals surface area contributed by atoms with Gasteiger partial charge in [0.2, 0.25) is 10.0 Å². The molecular weight excluding hydrogens is 723 g/mol. The average molecular weight is 780 g/mol. The Morgan fingerprint density at radius 2 is 1.74 bits per heavy atom. The second-order valence-corrected chi connectivity index (χ2v) is 17.8. The first-order valence-electron chi connectivity index (χ1n) is 19.1. The number of benzene rings is 3. The summed E-state index contributed by atoms with van der Waals surface area (Å²) in [6.07, 6.45) is 3.94. The van der Waals surface area contributed by atoms with Crippen molar-refractivity contribution in [2.75, 3.05) is 72.2 Å². The van der Waals surface area contributed by atoms with E-state index in [4.69, 9.17) is 23.7 Å². The van der Waals surface area contributed by atoms with E-state index in [-0.39, 0.29) is 30.0 Å². The zero-order valence-corrected chi connectivity index (χ0v) is 34.0. The number of methoxy groups -OCH3 is 2. The number of thioether (sulfide) groups is 1. The highest BCUT2D eigenvalue weighted by Gasteiger charge is 2.44. The van der Waals surface area contributed by atoms with Gasteiger partial charge in [0, 0.05) is 65.0 Å². The molecule has 0 aromatic heterocycles. The van der Waals surface area contributed by atoms with Crippen molar-refractivity contribution in [2.45, 2.75) is 74.7 Å². The van der Waals surface area contributed by atoms with Gasteiger partial charge in [-0.25, -0.2) is 8.42 Å². The predicted octanol–water partition coefficient (Wildman–Crippen LogP) is 7.03. The summed E-state index contributed by atoms with van der Waals surface area (Å²) in [4.78, 5) is 4.84. The third-order valence-electron chi connectivity index (χ3n) is 10.6. The Labute approximate surface area is 326 Å². The summed E-state index contributed by atoms with van der Waals surface area (Å²) in [7, 11) is 1.68. The zero-order chi connectivity index (χ0) is 38.1. The number of nitrogens with zero attached hydrogens (tertiary/aromatic N) is 3. The first kappa shape index (κ1) is 40.6. The minimum absolute atomic E-state index is 0.0210. The standard InChI is InChI=1S/C42H57N3O7S2/c1-31-7-14-37(15-8-31)54(46,47)45-26-41(52-30-34-11-16-40-39(23-34)44(18-21-51-40)17-6-20-48-4)38(24-36(45)25-42-43(3)19-22-53-42)35-12-9-33(10-13-35)29-50-28-32(2)27-49-5/h7-16,19,22-23,32,36,38,41-42H,6,17-18,20-21,24-30H2,1-5H3/t32-,36+,38+,41-,42?/m0/s1. The van der Waals surface area contributed by atoms with Crippen molar-refractivity contribution in [1.82, 2.24) is 9.21 Å². The van der Waals surface area contributed by atoms with Crippen molar-refractivity contribution < 1.29 is 32.1 Å². The van der Waals surface area contributed by atoms with Gasteiger partial charge >= 0.3 is 0 Å². The van der Waals surface area contributed by atoms with Gasteiger partial charge in [-0.2, -0.15) is 4.31 Å². The molecule has 10 nitrogen and oxygen atoms in total. The molecule has 0 amide bonds. The Morgan fingerprint density at radius 3 is 2.46 bits per heavy atom. The molecule has 294 valence electrons. The van der Waals surface area contributed by atoms with E-state index in [1.54, 1.807) is 42.4 Å². The minimum Gasteiger partial charge on any atom is -0.490 e. The van der Waals surface area contributed by atoms with Crippen molar-refractivity contribution in [2.24, 2.45) is 5.92 Å². The molecule has 0 spiro atoms. The Morgan fingerprint density at radius 1 is 0.963 bits per heavy atom. The molecule has 1 fully saturated rings. The van der Waals surface area contributed by atoms with E-state index in [0.29, 0.717) is 63.3 Å². The van der Waals surface area contributed by atoms with Gasteiger partial charge in [-0.1, -0.05) is 55.0 Å². The molecule has 0 N–H and O–H groups in total. The second-order valence-electron chi connectivity index (χ2n) is 14.8. The number of fused-ring (bicyclic) bond motifs is 1. The molecule has 0 radical (unpaired) electrons. The summed E-state index contributed by atoms with van der Waals surface area (Å²) in [5.41, 5.74) is 5.34. The fraction of sp³-hybridized carbons (Fsp3) is 0.524. The summed E-state index contributed by atoms with van der Waals surface area (Å²) in [6.45, 7) is 9.54. The molecule has 0 saturated carbocycles. The first-order valence-corrected chi connectivity index (χ1v) is 21.4. The predicted molar refractivity (Wildman–Crippen MR) is 215 cm³/mol. The SMILES string of the molecule is COCCCN1CCOc2ccc(CO[C@H]3CN(S(=O)(=O)c4ccc(C)cc4)[C@@H](CC4SC=CN4C)C[C@@H]3c3ccc(COC[C@@H](C)COC)cc3)cc21. The minimum atomic E-state index is -3.82. The fourth-order valence-corrected chi connectivity index (χ4v) is 10.3. The smallest absolute Gasteiger partial charge is 0.243 e. The number of anilines is 1. The van der Waals surface area contributed by atoms with Gasteiger partial charge in [-0.3, -0.25) is 0 Å². The van der Waals surface area contributed by atoms with Gasteiger partial charge in [0.25, 0.3) is 0 Å². The number of ether oxygens (including phenoxy) is 5. The molecule has 12 heteroatoms. The van der Waals surface area contributed by atoms with Crippen molar-refractivity contribution >= 4 is 27.5 Å². The number of hydrogen-bond donors (Lipinski definition) is 0. The van der Waals surface area contributed by atoms with E-state index < -0.39 is 10.0 Å². The molecule has 3 aromatic carbocycles. The van der Waals surface area contributed by atoms with Crippen LogP contribution in [0.2, 0.25) is 0 Å². The van der Waals surface area contributed by atoms with Crippen LogP contribution >= 0.6 is 11.8 Å². The van der Waals surface area contributed by atoms with Crippen LogP contribution in [0.3, 0.4) is 0 Å². The van der Waals surface area contributed by atoms with Crippen LogP contribution in [0.25, 0.3) is 0 Å². The van der Waals surface area contributed by atoms with Crippen LogP contribution in [0.1, 0.15) is 54.4 Å². The van der Waals surface area contributed by atoms with Crippen molar-refractivity contribution in [3.05, 3.63) is 101 Å². The van der Waals surface area contributed by atoms with E-state index >= 15 is 0 Å². The largest absolute Gasteiger partial charge is 0.490 e. The van der Waals surface area contributed by atoms with Crippen LogP contribution in [-0.4, -0.2) is 102 Å². The summed E-state index contributed by atoms with van der Waals surface area (Å²) in [5.74, 6) is 1.17. The Bertz CT molecular complexity index is 1770. The number of aryl methyl sites for hydroxylation is 1. The molecule has 3 aliphatic rings. The molecule has 6 rings (SSSR count). The van der Waals surface area contributed by atoms with E-state index in [0.717, 1.165) is 53.2 Å². The monoisotopic (exact) mass is 779 g/mol. The van der Waals surface area contributed by atoms with Crippen LogP contribution in [-0.2, 0) is 42.2 Å². The third kappa shape index (κ3) is 10.2. The van der Waals surface area contributed by atoms with Crippen molar-refractivity contribution in [3.8, 4) is 5.75 Å². The number of sulfonamides is 1. The fourth-order valence-electron chi connectivity index (χ4n) is 7.57. The van der Waals surface area contributed by atoms with Gasteiger partial charge in [-0.05, 0) is 72.6 Å². The highest BCUT2D eigenvalue weighted by molar-refractivity contribution is 8.02. The molecule has 1 saturated heterocycles. The highest BCUT2D eigenvalue weighted by Crippen LogP contribution is 2.41. The summed E-state index contributed by atoms with van der Waals surface area (Å²) < 4.78 is 60.3. The lowest BCUT2D eigenvalue weighted by Gasteiger charge is -2.44. The van der Waals surface area contributed by atoms with E-state index in [1.807, 2.05) is 25.1 Å². The van der Waals surface area contributed by atoms with Crippen LogP contribution in [0.5, 0.6) is 5.75 Å². The van der Waals surface area contributed by atoms with Gasteiger partial charge < -0.3 is 33.5 Å². The molecule has 3 aromatic rings. The maximum absolute atomic E-state index is 14.6. The topological polar surface area (TPSA) is 90.0 Å². The maximum Gasteiger partial charge on any atom is 0.243 e. The molecule has 1 unspecified atom stereocenters. The second kappa shape index (κ2) is 19.2. The first-order chi connectivity index (χ1) is 26.2. The van der Waals surface area contributed by atoms with Gasteiger partial charge in [0.1, 0.15) is 12.4 Å². The average Bonchev–Trinajstić information content (AvgIpc) is 3.58. The van der Waals surface area contributed by atoms with Gasteiger partial charge in [0.05, 0.1) is 55.0 Å². The molecule has 54 heavy (non-hydrogen) atoms. The molecule has 0 aliphatic carbocycles. The Hall–Kier alpha value is -3.10. The van der Waals surface area contributed by atoms with E-state index in [9.17, 15) is 8.42 Å². The summed E-state index contributed by atoms with van der Waals surface area (Å²) >= 11 is 1.74. The quantitative estimate of drug-likeness (QED) is 0.126. The molecule has 3 heterocycles. The lowest BCUT2D eigenvalue weighted by molar-refractivity contribution is -0.0217. The van der Waals surface area contributed by atoms with Crippen LogP contribution in [0.15, 0.2) is 83.2 Å². The molecule has 5 atom stereocenters. The molecular formula is C42H57N3O7S2. The van der Waals surface area contributed by atoms with Crippen LogP contribution in [0, 0.1) is 12.8 Å². The van der Waals surface area contributed by atoms with Gasteiger partial charge in [-0.15, -0.1) is 11.8 Å². The maximum atomic E-state index is 14.6. The normalized spacial score (nSPS) is 22.3. The van der Waals surface area contributed by atoms with Crippen molar-refractivity contribution in [1.29, 1.82) is 0 Å². The van der Waals surface area contributed by atoms with Gasteiger partial charge in [0.15, 0.2) is 0 Å². The Balaban J connectivity index is 1.28. The number of piperidine rings is 1. The van der Waals surface area contributed by atoms with E-state index in [1.165, 1.54) is 0 Å². The lowest BCUT2D eigenvalue weighted by Crippen LogP contribution is -2.53. The van der Waals surface area contributed by atoms with E-state index in [2.05, 4.69) is 71.8 Å². The summed E-state index contributed by atoms with van der Waals surface area (Å²) in [5, 5.41) is 2.24. The molecule has 0 bridgehead atoms. The van der Waals surface area contributed by atoms with Crippen LogP contribution in [0.4, 0.5) is 5.69 Å². The Kier molecular flexibility index (Phi) is 14.4. The molecule has 3 aliphatic heterocycles. The number of rotatable bonds is 18. The van der Waals surface area contributed by atoms with Crippen molar-refractivity contribution in [3.63, 3.8) is 0 Å². The number of hydrogen-bond acceptors (Lipinski definition) is 10. The third-order valence-corrected chi connectivity index (χ3v) is 13.6. The lowest BCUT2D eigenvalue weighted by atomic mass is 9.83. The summed E-state index contributed by atoms with van der Waals surface area (Å²) in [6, 6.07) is 21.8. The van der Waals surface area contributed by atoms with Crippen LogP contribution < -0.4 is 9.64 Å².